The predicted octanol–water partition coefficient (Wildman–Crippen LogP) is 3.55. The lowest BCUT2D eigenvalue weighted by atomic mass is 9.91. The Morgan fingerprint density at radius 3 is 2.67 bits per heavy atom. The van der Waals surface area contributed by atoms with E-state index in [0.717, 1.165) is 5.69 Å². The largest absolute Gasteiger partial charge is 0.497 e. The van der Waals surface area contributed by atoms with Crippen LogP contribution < -0.4 is 21.1 Å². The first-order valence-corrected chi connectivity index (χ1v) is 12.7. The summed E-state index contributed by atoms with van der Waals surface area (Å²) < 4.78 is 30.9. The van der Waals surface area contributed by atoms with Crippen LogP contribution in [0.1, 0.15) is 19.0 Å². The van der Waals surface area contributed by atoms with E-state index in [0.29, 0.717) is 53.3 Å². The molecule has 3 heterocycles. The van der Waals surface area contributed by atoms with Gasteiger partial charge in [-0.3, -0.25) is 4.79 Å². The highest BCUT2D eigenvalue weighted by Gasteiger charge is 2.40. The molecule has 4 aromatic rings. The van der Waals surface area contributed by atoms with Gasteiger partial charge in [0.15, 0.2) is 5.82 Å². The lowest BCUT2D eigenvalue weighted by Gasteiger charge is -2.35. The van der Waals surface area contributed by atoms with Gasteiger partial charge in [-0.2, -0.15) is 0 Å². The number of anilines is 2. The molecule has 40 heavy (non-hydrogen) atoms. The molecular formula is C28H30FN7O4. The topological polar surface area (TPSA) is 149 Å². The smallest absolute Gasteiger partial charge is 0.230 e. The fourth-order valence-electron chi connectivity index (χ4n) is 4.19. The third-order valence-corrected chi connectivity index (χ3v) is 6.39. The Hall–Kier alpha value is -4.39. The van der Waals surface area contributed by atoms with Gasteiger partial charge in [0.05, 0.1) is 42.8 Å². The molecule has 5 rings (SSSR count). The number of amides is 1. The lowest BCUT2D eigenvalue weighted by Crippen LogP contribution is -2.49. The SMILES string of the molecule is COc1cccc(Nc2nccc(-c3[nH]c(C4OCC(C)(C(=O)NCCN)CO4)nc3-c3ccc(F)cc3)n2)c1. The van der Waals surface area contributed by atoms with Crippen LogP contribution in [0.4, 0.5) is 16.0 Å². The minimum Gasteiger partial charge on any atom is -0.497 e. The van der Waals surface area contributed by atoms with E-state index in [4.69, 9.17) is 24.9 Å². The second-order valence-electron chi connectivity index (χ2n) is 9.53. The van der Waals surface area contributed by atoms with E-state index in [9.17, 15) is 9.18 Å². The maximum absolute atomic E-state index is 13.7. The van der Waals surface area contributed by atoms with E-state index >= 15 is 0 Å². The number of aromatic nitrogens is 4. The molecule has 1 aliphatic heterocycles. The van der Waals surface area contributed by atoms with E-state index in [1.165, 1.54) is 12.1 Å². The number of benzene rings is 2. The van der Waals surface area contributed by atoms with Crippen molar-refractivity contribution in [2.24, 2.45) is 11.1 Å². The normalized spacial score (nSPS) is 18.8. The molecule has 0 saturated carbocycles. The number of carbonyl (C=O) groups is 1. The fourth-order valence-corrected chi connectivity index (χ4v) is 4.19. The number of hydrogen-bond acceptors (Lipinski definition) is 9. The Kier molecular flexibility index (Phi) is 8.01. The van der Waals surface area contributed by atoms with Crippen molar-refractivity contribution in [2.75, 3.05) is 38.7 Å². The van der Waals surface area contributed by atoms with Gasteiger partial charge in [0.2, 0.25) is 18.1 Å². The Balaban J connectivity index is 1.44. The number of imidazole rings is 1. The quantitative estimate of drug-likeness (QED) is 0.247. The zero-order chi connectivity index (χ0) is 28.1. The fraction of sp³-hybridized carbons (Fsp3) is 0.286. The van der Waals surface area contributed by atoms with Gasteiger partial charge < -0.3 is 35.6 Å². The number of hydrogen-bond donors (Lipinski definition) is 4. The molecule has 12 heteroatoms. The molecule has 0 unspecified atom stereocenters. The molecule has 1 amide bonds. The van der Waals surface area contributed by atoms with Crippen LogP contribution in [-0.2, 0) is 14.3 Å². The van der Waals surface area contributed by atoms with Crippen molar-refractivity contribution in [2.45, 2.75) is 13.2 Å². The maximum Gasteiger partial charge on any atom is 0.230 e. The summed E-state index contributed by atoms with van der Waals surface area (Å²) in [7, 11) is 1.60. The highest BCUT2D eigenvalue weighted by Crippen LogP contribution is 2.35. The average Bonchev–Trinajstić information content (AvgIpc) is 3.42. The van der Waals surface area contributed by atoms with Crippen LogP contribution in [0, 0.1) is 11.2 Å². The number of nitrogens with two attached hydrogens (primary N) is 1. The first kappa shape index (κ1) is 27.2. The molecule has 1 saturated heterocycles. The number of H-pyrrole nitrogens is 1. The van der Waals surface area contributed by atoms with Gasteiger partial charge in [-0.25, -0.2) is 19.3 Å². The van der Waals surface area contributed by atoms with Crippen molar-refractivity contribution in [1.29, 1.82) is 0 Å². The summed E-state index contributed by atoms with van der Waals surface area (Å²) in [5.74, 6) is 0.883. The number of nitrogens with zero attached hydrogens (tertiary/aromatic N) is 3. The lowest BCUT2D eigenvalue weighted by molar-refractivity contribution is -0.231. The zero-order valence-electron chi connectivity index (χ0n) is 22.1. The second kappa shape index (κ2) is 11.8. The van der Waals surface area contributed by atoms with E-state index in [-0.39, 0.29) is 24.9 Å². The average molecular weight is 548 g/mol. The molecular weight excluding hydrogens is 517 g/mol. The number of ether oxygens (including phenoxy) is 3. The van der Waals surface area contributed by atoms with Crippen LogP contribution in [-0.4, -0.2) is 59.3 Å². The Bertz CT molecular complexity index is 1470. The number of nitrogens with one attached hydrogen (secondary N) is 3. The van der Waals surface area contributed by atoms with E-state index in [2.05, 4.69) is 25.6 Å². The van der Waals surface area contributed by atoms with Crippen LogP contribution in [0.25, 0.3) is 22.6 Å². The van der Waals surface area contributed by atoms with Crippen molar-refractivity contribution in [3.63, 3.8) is 0 Å². The van der Waals surface area contributed by atoms with Crippen LogP contribution in [0.2, 0.25) is 0 Å². The number of rotatable bonds is 9. The molecule has 1 fully saturated rings. The highest BCUT2D eigenvalue weighted by molar-refractivity contribution is 5.82. The predicted molar refractivity (Wildman–Crippen MR) is 146 cm³/mol. The summed E-state index contributed by atoms with van der Waals surface area (Å²) in [6, 6.07) is 15.1. The molecule has 0 spiro atoms. The molecule has 0 aliphatic carbocycles. The van der Waals surface area contributed by atoms with Crippen molar-refractivity contribution >= 4 is 17.5 Å². The van der Waals surface area contributed by atoms with Gasteiger partial charge >= 0.3 is 0 Å². The van der Waals surface area contributed by atoms with Crippen molar-refractivity contribution in [3.05, 3.63) is 72.4 Å². The molecule has 0 bridgehead atoms. The number of carbonyl (C=O) groups excluding carboxylic acids is 1. The van der Waals surface area contributed by atoms with Gasteiger partial charge in [-0.05, 0) is 49.4 Å². The minimum atomic E-state index is -0.867. The second-order valence-corrected chi connectivity index (χ2v) is 9.53. The summed E-state index contributed by atoms with van der Waals surface area (Å²) in [6.07, 6.45) is 0.776. The van der Waals surface area contributed by atoms with Crippen LogP contribution >= 0.6 is 0 Å². The Morgan fingerprint density at radius 2 is 1.95 bits per heavy atom. The monoisotopic (exact) mass is 547 g/mol. The van der Waals surface area contributed by atoms with Gasteiger partial charge in [-0.15, -0.1) is 0 Å². The Labute approximate surface area is 230 Å². The number of methoxy groups -OCH3 is 1. The Morgan fingerprint density at radius 1 is 1.18 bits per heavy atom. The summed E-state index contributed by atoms with van der Waals surface area (Å²) in [5, 5.41) is 5.96. The minimum absolute atomic E-state index is 0.123. The molecule has 208 valence electrons. The maximum atomic E-state index is 13.7. The molecule has 5 N–H and O–H groups in total. The van der Waals surface area contributed by atoms with Crippen molar-refractivity contribution in [3.8, 4) is 28.4 Å². The standard InChI is InChI=1S/C28H30FN7O4/c1-28(26(37)31-13-11-30)15-39-25(40-16-28)24-35-22(17-6-8-18(29)9-7-17)23(36-24)21-10-12-32-27(34-21)33-19-4-3-5-20(14-19)38-2/h3-10,12,14,25H,11,13,15-16,30H2,1-2H3,(H,31,37)(H,35,36)(H,32,33,34). The van der Waals surface area contributed by atoms with Gasteiger partial charge in [0.25, 0.3) is 0 Å². The molecule has 0 atom stereocenters. The van der Waals surface area contributed by atoms with E-state index < -0.39 is 11.7 Å². The van der Waals surface area contributed by atoms with Crippen LogP contribution in [0.15, 0.2) is 60.8 Å². The third-order valence-electron chi connectivity index (χ3n) is 6.39. The molecule has 11 nitrogen and oxygen atoms in total. The highest BCUT2D eigenvalue weighted by atomic mass is 19.1. The van der Waals surface area contributed by atoms with E-state index in [1.807, 2.05) is 24.3 Å². The van der Waals surface area contributed by atoms with Crippen LogP contribution in [0.5, 0.6) is 5.75 Å². The molecule has 2 aromatic carbocycles. The van der Waals surface area contributed by atoms with Gasteiger partial charge in [0, 0.05) is 36.6 Å². The number of aromatic amines is 1. The van der Waals surface area contributed by atoms with Gasteiger partial charge in [0.1, 0.15) is 11.6 Å². The summed E-state index contributed by atoms with van der Waals surface area (Å²) in [6.45, 7) is 2.72. The molecule has 0 radical (unpaired) electrons. The third kappa shape index (κ3) is 5.93. The van der Waals surface area contributed by atoms with Crippen molar-refractivity contribution in [1.82, 2.24) is 25.3 Å². The van der Waals surface area contributed by atoms with E-state index in [1.54, 1.807) is 38.4 Å². The first-order valence-electron chi connectivity index (χ1n) is 12.7. The first-order chi connectivity index (χ1) is 19.4. The molecule has 1 aliphatic rings. The summed E-state index contributed by atoms with van der Waals surface area (Å²) >= 11 is 0. The number of halogens is 1. The zero-order valence-corrected chi connectivity index (χ0v) is 22.1. The molecule has 2 aromatic heterocycles. The van der Waals surface area contributed by atoms with Crippen molar-refractivity contribution < 1.29 is 23.4 Å². The summed E-state index contributed by atoms with van der Waals surface area (Å²) in [5.41, 5.74) is 7.69. The van der Waals surface area contributed by atoms with Gasteiger partial charge in [-0.1, -0.05) is 6.07 Å². The van der Waals surface area contributed by atoms with Crippen LogP contribution in [0.3, 0.4) is 0 Å². The summed E-state index contributed by atoms with van der Waals surface area (Å²) in [4.78, 5) is 29.6.